The van der Waals surface area contributed by atoms with Crippen LogP contribution in [0.2, 0.25) is 0 Å². The molecule has 4 rings (SSSR count). The molecule has 2 heterocycles. The minimum atomic E-state index is -0.371. The molecule has 4 fully saturated rings. The average molecular weight is 252 g/mol. The molecule has 0 aromatic rings. The van der Waals surface area contributed by atoms with Gasteiger partial charge in [0.1, 0.15) is 12.2 Å². The Kier molecular flexibility index (Phi) is 2.05. The summed E-state index contributed by atoms with van der Waals surface area (Å²) in [4.78, 5) is 11.5. The quantitative estimate of drug-likeness (QED) is 0.518. The van der Waals surface area contributed by atoms with Gasteiger partial charge in [0.2, 0.25) is 0 Å². The van der Waals surface area contributed by atoms with E-state index >= 15 is 0 Å². The van der Waals surface area contributed by atoms with E-state index < -0.39 is 0 Å². The summed E-state index contributed by atoms with van der Waals surface area (Å²) in [6.07, 6.45) is 2.35. The standard InChI is InChI=1S/C14H20O4/c1-6-3-8-7(4-9(15)17-8)5-14(2)10(6)11-12(18-11)13(14)16/h6-8,10-13,16H,3-5H2,1-2H3. The molecule has 2 saturated carbocycles. The molecule has 2 aliphatic heterocycles. The van der Waals surface area contributed by atoms with Gasteiger partial charge in [-0.3, -0.25) is 4.79 Å². The Morgan fingerprint density at radius 1 is 1.39 bits per heavy atom. The summed E-state index contributed by atoms with van der Waals surface area (Å²) in [6.45, 7) is 4.40. The monoisotopic (exact) mass is 252 g/mol. The summed E-state index contributed by atoms with van der Waals surface area (Å²) in [5.74, 6) is 1.10. The number of esters is 1. The summed E-state index contributed by atoms with van der Waals surface area (Å²) >= 11 is 0. The second-order valence-electron chi connectivity index (χ2n) is 6.95. The molecule has 18 heavy (non-hydrogen) atoms. The molecule has 0 aromatic heterocycles. The van der Waals surface area contributed by atoms with Crippen molar-refractivity contribution >= 4 is 5.97 Å². The molecule has 8 atom stereocenters. The topological polar surface area (TPSA) is 59.1 Å². The maximum atomic E-state index is 11.5. The number of aliphatic hydroxyl groups is 1. The smallest absolute Gasteiger partial charge is 0.306 e. The Morgan fingerprint density at radius 2 is 2.17 bits per heavy atom. The molecule has 2 saturated heterocycles. The van der Waals surface area contributed by atoms with Crippen LogP contribution in [0.15, 0.2) is 0 Å². The lowest BCUT2D eigenvalue weighted by Crippen LogP contribution is -2.40. The zero-order valence-corrected chi connectivity index (χ0v) is 10.8. The van der Waals surface area contributed by atoms with Crippen LogP contribution in [0.5, 0.6) is 0 Å². The molecule has 0 radical (unpaired) electrons. The highest BCUT2D eigenvalue weighted by atomic mass is 16.6. The van der Waals surface area contributed by atoms with Crippen LogP contribution in [-0.2, 0) is 14.3 Å². The van der Waals surface area contributed by atoms with Gasteiger partial charge in [0.15, 0.2) is 0 Å². The molecule has 0 aromatic carbocycles. The first kappa shape index (κ1) is 11.2. The summed E-state index contributed by atoms with van der Waals surface area (Å²) in [7, 11) is 0. The van der Waals surface area contributed by atoms with Gasteiger partial charge in [-0.2, -0.15) is 0 Å². The fourth-order valence-corrected chi connectivity index (χ4v) is 5.04. The predicted octanol–water partition coefficient (Wildman–Crippen LogP) is 1.11. The molecule has 2 aliphatic carbocycles. The molecule has 100 valence electrons. The largest absolute Gasteiger partial charge is 0.462 e. The second-order valence-corrected chi connectivity index (χ2v) is 6.95. The molecule has 4 nitrogen and oxygen atoms in total. The van der Waals surface area contributed by atoms with Gasteiger partial charge in [0.05, 0.1) is 18.6 Å². The number of rotatable bonds is 0. The van der Waals surface area contributed by atoms with Crippen LogP contribution < -0.4 is 0 Å². The molecule has 0 bridgehead atoms. The number of hydrogen-bond acceptors (Lipinski definition) is 4. The highest BCUT2D eigenvalue weighted by Crippen LogP contribution is 2.62. The van der Waals surface area contributed by atoms with Crippen molar-refractivity contribution in [2.45, 2.75) is 57.5 Å². The minimum absolute atomic E-state index is 0.0528. The van der Waals surface area contributed by atoms with Gasteiger partial charge in [-0.1, -0.05) is 13.8 Å². The molecule has 4 aliphatic rings. The van der Waals surface area contributed by atoms with Gasteiger partial charge >= 0.3 is 5.97 Å². The molecule has 1 N–H and O–H groups in total. The van der Waals surface area contributed by atoms with E-state index in [0.29, 0.717) is 24.2 Å². The van der Waals surface area contributed by atoms with E-state index in [1.807, 2.05) is 0 Å². The fraction of sp³-hybridized carbons (Fsp3) is 0.929. The molecule has 8 unspecified atom stereocenters. The SMILES string of the molecule is CC1CC2OC(=O)CC2CC2(C)C(O)C3OC3C12. The summed E-state index contributed by atoms with van der Waals surface area (Å²) in [6, 6.07) is 0. The van der Waals surface area contributed by atoms with E-state index in [-0.39, 0.29) is 35.8 Å². The lowest BCUT2D eigenvalue weighted by atomic mass is 9.69. The number of hydrogen-bond donors (Lipinski definition) is 1. The highest BCUT2D eigenvalue weighted by Gasteiger charge is 2.69. The third-order valence-corrected chi connectivity index (χ3v) is 5.82. The summed E-state index contributed by atoms with van der Waals surface area (Å²) < 4.78 is 11.1. The maximum Gasteiger partial charge on any atom is 0.306 e. The maximum absolute atomic E-state index is 11.5. The van der Waals surface area contributed by atoms with E-state index in [1.165, 1.54) is 0 Å². The second kappa shape index (κ2) is 3.28. The minimum Gasteiger partial charge on any atom is -0.462 e. The van der Waals surface area contributed by atoms with Gasteiger partial charge in [0, 0.05) is 11.3 Å². The molecule has 4 heteroatoms. The van der Waals surface area contributed by atoms with E-state index in [1.54, 1.807) is 0 Å². The van der Waals surface area contributed by atoms with Gasteiger partial charge in [-0.05, 0) is 24.7 Å². The van der Waals surface area contributed by atoms with Gasteiger partial charge < -0.3 is 14.6 Å². The normalized spacial score (nSPS) is 61.5. The Bertz CT molecular complexity index is 409. The number of carbonyl (C=O) groups excluding carboxylic acids is 1. The number of fused-ring (bicyclic) bond motifs is 4. The molecular weight excluding hydrogens is 232 g/mol. The van der Waals surface area contributed by atoms with E-state index in [9.17, 15) is 9.90 Å². The first-order valence-corrected chi connectivity index (χ1v) is 7.04. The molecule has 0 spiro atoms. The van der Waals surface area contributed by atoms with Crippen LogP contribution >= 0.6 is 0 Å². The van der Waals surface area contributed by atoms with E-state index in [2.05, 4.69) is 13.8 Å². The van der Waals surface area contributed by atoms with Crippen LogP contribution in [-0.4, -0.2) is 35.5 Å². The summed E-state index contributed by atoms with van der Waals surface area (Å²) in [5, 5.41) is 10.5. The Balaban J connectivity index is 1.69. The van der Waals surface area contributed by atoms with Crippen molar-refractivity contribution in [3.63, 3.8) is 0 Å². The lowest BCUT2D eigenvalue weighted by molar-refractivity contribution is -0.142. The van der Waals surface area contributed by atoms with Gasteiger partial charge in [0.25, 0.3) is 0 Å². The van der Waals surface area contributed by atoms with Crippen molar-refractivity contribution in [3.05, 3.63) is 0 Å². The first-order chi connectivity index (χ1) is 8.50. The lowest BCUT2D eigenvalue weighted by Gasteiger charge is -2.38. The zero-order chi connectivity index (χ0) is 12.7. The van der Waals surface area contributed by atoms with E-state index in [4.69, 9.17) is 9.47 Å². The number of epoxide rings is 1. The first-order valence-electron chi connectivity index (χ1n) is 7.04. The number of carbonyl (C=O) groups is 1. The van der Waals surface area contributed by atoms with Crippen molar-refractivity contribution in [3.8, 4) is 0 Å². The highest BCUT2D eigenvalue weighted by molar-refractivity contribution is 5.72. The van der Waals surface area contributed by atoms with Crippen LogP contribution in [0.4, 0.5) is 0 Å². The molecule has 0 amide bonds. The average Bonchev–Trinajstić information content (AvgIpc) is 2.94. The third kappa shape index (κ3) is 1.26. The van der Waals surface area contributed by atoms with Crippen LogP contribution in [0.3, 0.4) is 0 Å². The van der Waals surface area contributed by atoms with Crippen LogP contribution in [0, 0.1) is 23.2 Å². The Morgan fingerprint density at radius 3 is 2.94 bits per heavy atom. The molecular formula is C14H20O4. The van der Waals surface area contributed by atoms with Crippen LogP contribution in [0.1, 0.15) is 33.1 Å². The Hall–Kier alpha value is -0.610. The number of ether oxygens (including phenoxy) is 2. The number of aliphatic hydroxyl groups excluding tert-OH is 1. The predicted molar refractivity (Wildman–Crippen MR) is 62.6 cm³/mol. The zero-order valence-electron chi connectivity index (χ0n) is 10.8. The fourth-order valence-electron chi connectivity index (χ4n) is 5.04. The van der Waals surface area contributed by atoms with Crippen LogP contribution in [0.25, 0.3) is 0 Å². The third-order valence-electron chi connectivity index (χ3n) is 5.82. The van der Waals surface area contributed by atoms with Crippen molar-refractivity contribution < 1.29 is 19.4 Å². The van der Waals surface area contributed by atoms with Gasteiger partial charge in [-0.25, -0.2) is 0 Å². The van der Waals surface area contributed by atoms with Crippen molar-refractivity contribution in [1.29, 1.82) is 0 Å². The van der Waals surface area contributed by atoms with E-state index in [0.717, 1.165) is 12.8 Å². The summed E-state index contributed by atoms with van der Waals surface area (Å²) in [5.41, 5.74) is -0.0968. The van der Waals surface area contributed by atoms with Gasteiger partial charge in [-0.15, -0.1) is 0 Å². The van der Waals surface area contributed by atoms with Crippen molar-refractivity contribution in [2.24, 2.45) is 23.2 Å². The Labute approximate surface area is 107 Å². The van der Waals surface area contributed by atoms with Crippen molar-refractivity contribution in [2.75, 3.05) is 0 Å². The van der Waals surface area contributed by atoms with Crippen molar-refractivity contribution in [1.82, 2.24) is 0 Å².